The molecule has 1 N–H and O–H groups in total. The van der Waals surface area contributed by atoms with E-state index >= 15 is 0 Å². The Morgan fingerprint density at radius 1 is 1.24 bits per heavy atom. The molecule has 0 saturated carbocycles. The third-order valence-corrected chi connectivity index (χ3v) is 2.71. The second-order valence-electron chi connectivity index (χ2n) is 3.49. The third kappa shape index (κ3) is 2.50. The van der Waals surface area contributed by atoms with Crippen molar-refractivity contribution in [3.05, 3.63) is 41.4 Å². The number of halogens is 1. The lowest BCUT2D eigenvalue weighted by Gasteiger charge is -2.09. The highest BCUT2D eigenvalue weighted by atomic mass is 35.5. The van der Waals surface area contributed by atoms with Crippen molar-refractivity contribution in [1.82, 2.24) is 0 Å². The molecular weight excluding hydrogens is 238 g/mol. The summed E-state index contributed by atoms with van der Waals surface area (Å²) in [5, 5.41) is 5.16. The Labute approximate surface area is 104 Å². The van der Waals surface area contributed by atoms with Gasteiger partial charge >= 0.3 is 6.09 Å². The minimum absolute atomic E-state index is 0.345. The lowest BCUT2D eigenvalue weighted by Crippen LogP contribution is -2.13. The van der Waals surface area contributed by atoms with E-state index < -0.39 is 6.09 Å². The Kier molecular flexibility index (Phi) is 3.49. The number of fused-ring (bicyclic) bond motifs is 1. The lowest BCUT2D eigenvalue weighted by molar-refractivity contribution is 0.168. The summed E-state index contributed by atoms with van der Waals surface area (Å²) in [6.45, 7) is 2.11. The normalized spacial score (nSPS) is 10.2. The maximum absolute atomic E-state index is 11.4. The highest BCUT2D eigenvalue weighted by Crippen LogP contribution is 2.29. The van der Waals surface area contributed by atoms with Crippen LogP contribution in [0, 0.1) is 0 Å². The minimum Gasteiger partial charge on any atom is -0.450 e. The van der Waals surface area contributed by atoms with Crippen molar-refractivity contribution in [3.63, 3.8) is 0 Å². The van der Waals surface area contributed by atoms with E-state index in [1.807, 2.05) is 24.3 Å². The average molecular weight is 250 g/mol. The summed E-state index contributed by atoms with van der Waals surface area (Å²) in [6, 6.07) is 11.1. The van der Waals surface area contributed by atoms with Crippen LogP contribution >= 0.6 is 11.6 Å². The summed E-state index contributed by atoms with van der Waals surface area (Å²) in [7, 11) is 0. The van der Waals surface area contributed by atoms with Crippen LogP contribution in [0.5, 0.6) is 0 Å². The number of ether oxygens (including phenoxy) is 1. The summed E-state index contributed by atoms with van der Waals surface area (Å²) in [5.74, 6) is 0. The first-order chi connectivity index (χ1) is 8.22. The SMILES string of the molecule is CCOC(=O)Nc1ccc(Cl)c2ccccc12. The molecule has 0 bridgehead atoms. The van der Waals surface area contributed by atoms with Crippen molar-refractivity contribution in [3.8, 4) is 0 Å². The van der Waals surface area contributed by atoms with E-state index in [-0.39, 0.29) is 0 Å². The fraction of sp³-hybridized carbons (Fsp3) is 0.154. The molecule has 0 heterocycles. The summed E-state index contributed by atoms with van der Waals surface area (Å²) in [6.07, 6.45) is -0.458. The van der Waals surface area contributed by atoms with E-state index in [1.54, 1.807) is 19.1 Å². The standard InChI is InChI=1S/C13H12ClNO2/c1-2-17-13(16)15-12-8-7-11(14)9-5-3-4-6-10(9)12/h3-8H,2H2,1H3,(H,15,16). The third-order valence-electron chi connectivity index (χ3n) is 2.38. The van der Waals surface area contributed by atoms with Gasteiger partial charge in [0.05, 0.1) is 12.3 Å². The molecule has 0 aromatic heterocycles. The van der Waals surface area contributed by atoms with E-state index in [2.05, 4.69) is 5.32 Å². The van der Waals surface area contributed by atoms with E-state index in [1.165, 1.54) is 0 Å². The van der Waals surface area contributed by atoms with Crippen molar-refractivity contribution in [2.24, 2.45) is 0 Å². The van der Waals surface area contributed by atoms with Gasteiger partial charge in [-0.05, 0) is 19.1 Å². The number of rotatable bonds is 2. The zero-order chi connectivity index (χ0) is 12.3. The molecule has 0 unspecified atom stereocenters. The van der Waals surface area contributed by atoms with E-state index in [0.717, 1.165) is 10.8 Å². The molecule has 4 heteroatoms. The van der Waals surface area contributed by atoms with Gasteiger partial charge in [0.2, 0.25) is 0 Å². The molecule has 0 fully saturated rings. The zero-order valence-electron chi connectivity index (χ0n) is 9.37. The molecule has 0 spiro atoms. The van der Waals surface area contributed by atoms with Gasteiger partial charge in [0, 0.05) is 15.8 Å². The van der Waals surface area contributed by atoms with Gasteiger partial charge in [-0.25, -0.2) is 4.79 Å². The van der Waals surface area contributed by atoms with Gasteiger partial charge in [0.15, 0.2) is 0 Å². The Balaban J connectivity index is 2.41. The summed E-state index contributed by atoms with van der Waals surface area (Å²) >= 11 is 6.08. The lowest BCUT2D eigenvalue weighted by atomic mass is 10.1. The molecule has 0 radical (unpaired) electrons. The first-order valence-corrected chi connectivity index (χ1v) is 5.71. The number of carbonyl (C=O) groups excluding carboxylic acids is 1. The van der Waals surface area contributed by atoms with Crippen LogP contribution in [0.4, 0.5) is 10.5 Å². The van der Waals surface area contributed by atoms with E-state index in [0.29, 0.717) is 17.3 Å². The number of hydrogen-bond donors (Lipinski definition) is 1. The monoisotopic (exact) mass is 249 g/mol. The quantitative estimate of drug-likeness (QED) is 0.872. The van der Waals surface area contributed by atoms with Crippen molar-refractivity contribution >= 4 is 34.2 Å². The highest BCUT2D eigenvalue weighted by Gasteiger charge is 2.07. The van der Waals surface area contributed by atoms with Gasteiger partial charge in [0.1, 0.15) is 0 Å². The number of hydrogen-bond acceptors (Lipinski definition) is 2. The van der Waals surface area contributed by atoms with Gasteiger partial charge < -0.3 is 4.74 Å². The van der Waals surface area contributed by atoms with Crippen LogP contribution in [-0.2, 0) is 4.74 Å². The van der Waals surface area contributed by atoms with Crippen LogP contribution in [0.3, 0.4) is 0 Å². The number of benzene rings is 2. The first-order valence-electron chi connectivity index (χ1n) is 5.33. The number of nitrogens with one attached hydrogen (secondary N) is 1. The molecule has 2 rings (SSSR count). The highest BCUT2D eigenvalue weighted by molar-refractivity contribution is 6.36. The predicted octanol–water partition coefficient (Wildman–Crippen LogP) is 4.06. The maximum atomic E-state index is 11.4. The predicted molar refractivity (Wildman–Crippen MR) is 69.6 cm³/mol. The molecule has 2 aromatic carbocycles. The van der Waals surface area contributed by atoms with Gasteiger partial charge in [-0.3, -0.25) is 5.32 Å². The molecule has 17 heavy (non-hydrogen) atoms. The fourth-order valence-electron chi connectivity index (χ4n) is 1.65. The second kappa shape index (κ2) is 5.06. The van der Waals surface area contributed by atoms with Crippen LogP contribution in [0.2, 0.25) is 5.02 Å². The molecule has 0 aliphatic carbocycles. The number of carbonyl (C=O) groups is 1. The van der Waals surface area contributed by atoms with E-state index in [9.17, 15) is 4.79 Å². The summed E-state index contributed by atoms with van der Waals surface area (Å²) in [5.41, 5.74) is 0.698. The minimum atomic E-state index is -0.458. The van der Waals surface area contributed by atoms with Crippen LogP contribution in [-0.4, -0.2) is 12.7 Å². The van der Waals surface area contributed by atoms with E-state index in [4.69, 9.17) is 16.3 Å². The molecule has 1 amide bonds. The van der Waals surface area contributed by atoms with Crippen molar-refractivity contribution in [1.29, 1.82) is 0 Å². The summed E-state index contributed by atoms with van der Waals surface area (Å²) in [4.78, 5) is 11.4. The smallest absolute Gasteiger partial charge is 0.411 e. The van der Waals surface area contributed by atoms with Gasteiger partial charge in [-0.15, -0.1) is 0 Å². The topological polar surface area (TPSA) is 38.3 Å². The maximum Gasteiger partial charge on any atom is 0.411 e. The molecule has 0 saturated heterocycles. The molecule has 88 valence electrons. The second-order valence-corrected chi connectivity index (χ2v) is 3.89. The van der Waals surface area contributed by atoms with Crippen LogP contribution in [0.25, 0.3) is 10.8 Å². The van der Waals surface area contributed by atoms with Gasteiger partial charge in [-0.2, -0.15) is 0 Å². The molecular formula is C13H12ClNO2. The van der Waals surface area contributed by atoms with Crippen LogP contribution < -0.4 is 5.32 Å². The Hall–Kier alpha value is -1.74. The van der Waals surface area contributed by atoms with Crippen molar-refractivity contribution in [2.75, 3.05) is 11.9 Å². The van der Waals surface area contributed by atoms with Crippen LogP contribution in [0.1, 0.15) is 6.92 Å². The van der Waals surface area contributed by atoms with Crippen molar-refractivity contribution < 1.29 is 9.53 Å². The molecule has 2 aromatic rings. The molecule has 0 atom stereocenters. The Morgan fingerprint density at radius 2 is 1.94 bits per heavy atom. The van der Waals surface area contributed by atoms with Gasteiger partial charge in [0.25, 0.3) is 0 Å². The first kappa shape index (κ1) is 11.7. The van der Waals surface area contributed by atoms with Gasteiger partial charge in [-0.1, -0.05) is 35.9 Å². The summed E-state index contributed by atoms with van der Waals surface area (Å²) < 4.78 is 4.84. The molecule has 0 aliphatic rings. The Bertz CT molecular complexity index is 554. The van der Waals surface area contributed by atoms with Crippen molar-refractivity contribution in [2.45, 2.75) is 6.92 Å². The number of anilines is 1. The number of amides is 1. The zero-order valence-corrected chi connectivity index (χ0v) is 10.1. The molecule has 0 aliphatic heterocycles. The largest absolute Gasteiger partial charge is 0.450 e. The van der Waals surface area contributed by atoms with Crippen LogP contribution in [0.15, 0.2) is 36.4 Å². The fourth-order valence-corrected chi connectivity index (χ4v) is 1.88. The molecule has 3 nitrogen and oxygen atoms in total. The average Bonchev–Trinajstić information content (AvgIpc) is 2.34. The Morgan fingerprint density at radius 3 is 2.65 bits per heavy atom.